The number of piperazine rings is 1. The molecular formula is C28H25F3N2O3. The van der Waals surface area contributed by atoms with Crippen LogP contribution in [-0.2, 0) is 11.0 Å². The first-order valence-electron chi connectivity index (χ1n) is 11.7. The number of alkyl halides is 3. The molecule has 8 heteroatoms. The summed E-state index contributed by atoms with van der Waals surface area (Å²) < 4.78 is 38.2. The normalized spacial score (nSPS) is 14.0. The lowest BCUT2D eigenvalue weighted by molar-refractivity contribution is -0.137. The van der Waals surface area contributed by atoms with Crippen LogP contribution < -0.4 is 0 Å². The van der Waals surface area contributed by atoms with Crippen LogP contribution in [0.25, 0.3) is 11.1 Å². The van der Waals surface area contributed by atoms with Gasteiger partial charge in [0.2, 0.25) is 5.91 Å². The van der Waals surface area contributed by atoms with Crippen LogP contribution in [0.2, 0.25) is 0 Å². The Kier molecular flexibility index (Phi) is 7.52. The molecule has 0 bridgehead atoms. The number of Topliss-reactive ketones (excluding diaryl/α,β-unsaturated/α-hetero) is 1. The minimum absolute atomic E-state index is 0.0755. The number of nitrogens with zero attached hydrogens (tertiary/aromatic N) is 2. The van der Waals surface area contributed by atoms with Gasteiger partial charge in [-0.05, 0) is 35.4 Å². The minimum atomic E-state index is -4.46. The van der Waals surface area contributed by atoms with Crippen LogP contribution in [0.3, 0.4) is 0 Å². The quantitative estimate of drug-likeness (QED) is 0.436. The first-order valence-corrected chi connectivity index (χ1v) is 11.7. The first-order chi connectivity index (χ1) is 17.2. The molecule has 3 aromatic rings. The zero-order valence-electron chi connectivity index (χ0n) is 19.5. The summed E-state index contributed by atoms with van der Waals surface area (Å²) >= 11 is 0. The Labute approximate surface area is 207 Å². The summed E-state index contributed by atoms with van der Waals surface area (Å²) in [6.07, 6.45) is -4.29. The Morgan fingerprint density at radius 3 is 1.75 bits per heavy atom. The Balaban J connectivity index is 1.25. The van der Waals surface area contributed by atoms with E-state index >= 15 is 0 Å². The Morgan fingerprint density at radius 1 is 0.639 bits per heavy atom. The number of halogens is 3. The highest BCUT2D eigenvalue weighted by molar-refractivity contribution is 5.98. The number of rotatable bonds is 6. The summed E-state index contributed by atoms with van der Waals surface area (Å²) in [7, 11) is 0. The van der Waals surface area contributed by atoms with Gasteiger partial charge in [-0.25, -0.2) is 0 Å². The van der Waals surface area contributed by atoms with Crippen LogP contribution in [0, 0.1) is 0 Å². The zero-order valence-corrected chi connectivity index (χ0v) is 19.5. The summed E-state index contributed by atoms with van der Waals surface area (Å²) in [6, 6.07) is 21.2. The van der Waals surface area contributed by atoms with Crippen LogP contribution in [0.1, 0.15) is 39.1 Å². The molecule has 0 unspecified atom stereocenters. The maximum atomic E-state index is 12.7. The molecule has 2 amide bonds. The van der Waals surface area contributed by atoms with E-state index in [0.29, 0.717) is 18.7 Å². The van der Waals surface area contributed by atoms with E-state index in [1.165, 1.54) is 17.0 Å². The topological polar surface area (TPSA) is 57.7 Å². The van der Waals surface area contributed by atoms with E-state index in [0.717, 1.165) is 23.3 Å². The van der Waals surface area contributed by atoms with Crippen LogP contribution in [0.4, 0.5) is 13.2 Å². The highest BCUT2D eigenvalue weighted by Gasteiger charge is 2.31. The van der Waals surface area contributed by atoms with Gasteiger partial charge < -0.3 is 9.80 Å². The van der Waals surface area contributed by atoms with Crippen molar-refractivity contribution in [3.8, 4) is 11.1 Å². The monoisotopic (exact) mass is 494 g/mol. The lowest BCUT2D eigenvalue weighted by atomic mass is 10.0. The molecule has 5 nitrogen and oxygen atoms in total. The Hall–Kier alpha value is -3.94. The van der Waals surface area contributed by atoms with Crippen molar-refractivity contribution in [3.63, 3.8) is 0 Å². The molecule has 0 N–H and O–H groups in total. The van der Waals surface area contributed by atoms with Crippen LogP contribution >= 0.6 is 0 Å². The van der Waals surface area contributed by atoms with Gasteiger partial charge in [-0.15, -0.1) is 0 Å². The summed E-state index contributed by atoms with van der Waals surface area (Å²) in [5.41, 5.74) is 1.98. The Morgan fingerprint density at radius 2 is 1.17 bits per heavy atom. The zero-order chi connectivity index (χ0) is 25.7. The number of ketones is 1. The van der Waals surface area contributed by atoms with E-state index in [1.807, 2.05) is 42.5 Å². The van der Waals surface area contributed by atoms with Crippen molar-refractivity contribution in [3.05, 3.63) is 95.6 Å². The lowest BCUT2D eigenvalue weighted by Gasteiger charge is -2.35. The fraction of sp³-hybridized carbons (Fsp3) is 0.250. The molecular weight excluding hydrogens is 469 g/mol. The summed E-state index contributed by atoms with van der Waals surface area (Å²) in [5.74, 6) is -0.644. The molecule has 0 saturated carbocycles. The summed E-state index contributed by atoms with van der Waals surface area (Å²) in [4.78, 5) is 40.9. The fourth-order valence-electron chi connectivity index (χ4n) is 4.15. The SMILES string of the molecule is O=C(CCC(=O)N1CCN(C(=O)c2ccc(C(F)(F)F)cc2)CC1)c1ccc(-c2ccccc2)cc1. The van der Waals surface area contributed by atoms with Crippen LogP contribution in [0.5, 0.6) is 0 Å². The predicted octanol–water partition coefficient (Wildman–Crippen LogP) is 5.32. The number of hydrogen-bond acceptors (Lipinski definition) is 3. The van der Waals surface area contributed by atoms with Gasteiger partial charge in [0.25, 0.3) is 5.91 Å². The number of benzene rings is 3. The largest absolute Gasteiger partial charge is 0.416 e. The predicted molar refractivity (Wildman–Crippen MR) is 129 cm³/mol. The van der Waals surface area contributed by atoms with Gasteiger partial charge >= 0.3 is 6.18 Å². The molecule has 4 rings (SSSR count). The maximum Gasteiger partial charge on any atom is 0.416 e. The van der Waals surface area contributed by atoms with Gasteiger partial charge in [-0.1, -0.05) is 54.6 Å². The van der Waals surface area contributed by atoms with Gasteiger partial charge in [0.15, 0.2) is 5.78 Å². The van der Waals surface area contributed by atoms with E-state index < -0.39 is 11.7 Å². The third kappa shape index (κ3) is 6.00. The molecule has 36 heavy (non-hydrogen) atoms. The number of amides is 2. The van der Waals surface area contributed by atoms with Crippen molar-refractivity contribution in [2.45, 2.75) is 19.0 Å². The maximum absolute atomic E-state index is 12.7. The number of carbonyl (C=O) groups excluding carboxylic acids is 3. The van der Waals surface area contributed by atoms with E-state index in [2.05, 4.69) is 0 Å². The van der Waals surface area contributed by atoms with E-state index in [9.17, 15) is 27.6 Å². The van der Waals surface area contributed by atoms with E-state index in [-0.39, 0.29) is 49.1 Å². The summed E-state index contributed by atoms with van der Waals surface area (Å²) in [5, 5.41) is 0. The van der Waals surface area contributed by atoms with Gasteiger partial charge in [0.05, 0.1) is 5.56 Å². The molecule has 0 atom stereocenters. The van der Waals surface area contributed by atoms with Crippen molar-refractivity contribution in [1.29, 1.82) is 0 Å². The molecule has 0 spiro atoms. The minimum Gasteiger partial charge on any atom is -0.339 e. The van der Waals surface area contributed by atoms with Gasteiger partial charge in [0.1, 0.15) is 0 Å². The second kappa shape index (κ2) is 10.8. The smallest absolute Gasteiger partial charge is 0.339 e. The second-order valence-electron chi connectivity index (χ2n) is 8.61. The third-order valence-corrected chi connectivity index (χ3v) is 6.26. The van der Waals surface area contributed by atoms with Crippen molar-refractivity contribution in [2.24, 2.45) is 0 Å². The van der Waals surface area contributed by atoms with Crippen molar-refractivity contribution < 1.29 is 27.6 Å². The Bertz CT molecular complexity index is 1220. The van der Waals surface area contributed by atoms with Crippen molar-refractivity contribution in [1.82, 2.24) is 9.80 Å². The molecule has 1 aliphatic heterocycles. The highest BCUT2D eigenvalue weighted by atomic mass is 19.4. The summed E-state index contributed by atoms with van der Waals surface area (Å²) in [6.45, 7) is 1.18. The molecule has 3 aromatic carbocycles. The molecule has 1 aliphatic rings. The van der Waals surface area contributed by atoms with Gasteiger partial charge in [-0.3, -0.25) is 14.4 Å². The number of hydrogen-bond donors (Lipinski definition) is 0. The molecule has 1 fully saturated rings. The van der Waals surface area contributed by atoms with Gasteiger partial charge in [0, 0.05) is 50.1 Å². The standard InChI is InChI=1S/C28H25F3N2O3/c29-28(30,31)24-12-10-23(11-13-24)27(36)33-18-16-32(17-19-33)26(35)15-14-25(34)22-8-6-21(7-9-22)20-4-2-1-3-5-20/h1-13H,14-19H2. The fourth-order valence-corrected chi connectivity index (χ4v) is 4.15. The van der Waals surface area contributed by atoms with Crippen molar-refractivity contribution in [2.75, 3.05) is 26.2 Å². The molecule has 1 saturated heterocycles. The molecule has 0 radical (unpaired) electrons. The number of carbonyl (C=O) groups is 3. The lowest BCUT2D eigenvalue weighted by Crippen LogP contribution is -2.50. The highest BCUT2D eigenvalue weighted by Crippen LogP contribution is 2.29. The first kappa shape index (κ1) is 25.2. The molecule has 186 valence electrons. The third-order valence-electron chi connectivity index (χ3n) is 6.26. The van der Waals surface area contributed by atoms with Crippen LogP contribution in [0.15, 0.2) is 78.9 Å². The molecule has 0 aromatic heterocycles. The van der Waals surface area contributed by atoms with E-state index in [4.69, 9.17) is 0 Å². The van der Waals surface area contributed by atoms with Gasteiger partial charge in [-0.2, -0.15) is 13.2 Å². The second-order valence-corrected chi connectivity index (χ2v) is 8.61. The van der Waals surface area contributed by atoms with Crippen LogP contribution in [-0.4, -0.2) is 53.6 Å². The average Bonchev–Trinajstić information content (AvgIpc) is 2.91. The molecule has 0 aliphatic carbocycles. The molecule has 1 heterocycles. The van der Waals surface area contributed by atoms with Crippen molar-refractivity contribution >= 4 is 17.6 Å². The average molecular weight is 495 g/mol. The van der Waals surface area contributed by atoms with E-state index in [1.54, 1.807) is 17.0 Å².